The molecular weight excluding hydrogens is 639 g/mol. The number of carbonyl (C=O) groups is 4. The van der Waals surface area contributed by atoms with E-state index in [1.807, 2.05) is 73.5 Å². The van der Waals surface area contributed by atoms with Crippen molar-refractivity contribution in [1.29, 1.82) is 0 Å². The summed E-state index contributed by atoms with van der Waals surface area (Å²) in [6.07, 6.45) is 5.67. The minimum absolute atomic E-state index is 0.0139. The minimum atomic E-state index is -1.18. The van der Waals surface area contributed by atoms with E-state index in [0.29, 0.717) is 24.3 Å². The number of thiazole rings is 1. The monoisotopic (exact) mass is 687 g/mol. The SMILES string of the molecule is C[C@H](C(=O)N[C@H](C(=O)N1C[C@H]2CCCN2C[C@H]1c1nc(C(=O)c2cccc3ccccc23)cs1)C1CCCCC1)C(NC(=O)O)C(C)(C)C. The molecular formula is C38H49N5O5S. The maximum atomic E-state index is 14.9. The zero-order valence-corrected chi connectivity index (χ0v) is 29.8. The molecule has 2 aromatic carbocycles. The van der Waals surface area contributed by atoms with Gasteiger partial charge in [0.25, 0.3) is 0 Å². The summed E-state index contributed by atoms with van der Waals surface area (Å²) in [5.74, 6) is -1.29. The fraction of sp³-hybridized carbons (Fsp3) is 0.553. The van der Waals surface area contributed by atoms with Crippen LogP contribution in [0.25, 0.3) is 10.8 Å². The van der Waals surface area contributed by atoms with Crippen molar-refractivity contribution in [3.8, 4) is 0 Å². The van der Waals surface area contributed by atoms with Crippen molar-refractivity contribution in [1.82, 2.24) is 25.4 Å². The molecule has 3 amide bonds. The van der Waals surface area contributed by atoms with Gasteiger partial charge >= 0.3 is 6.09 Å². The van der Waals surface area contributed by atoms with E-state index in [9.17, 15) is 24.3 Å². The fourth-order valence-electron chi connectivity index (χ4n) is 8.27. The molecule has 2 saturated heterocycles. The maximum absolute atomic E-state index is 14.9. The van der Waals surface area contributed by atoms with Crippen molar-refractivity contribution in [3.63, 3.8) is 0 Å². The molecule has 3 heterocycles. The molecule has 3 N–H and O–H groups in total. The number of fused-ring (bicyclic) bond motifs is 2. The quantitative estimate of drug-likeness (QED) is 0.226. The summed E-state index contributed by atoms with van der Waals surface area (Å²) in [4.78, 5) is 63.5. The number of ketones is 1. The molecule has 2 aliphatic heterocycles. The Morgan fingerprint density at radius 1 is 0.939 bits per heavy atom. The highest BCUT2D eigenvalue weighted by atomic mass is 32.1. The van der Waals surface area contributed by atoms with E-state index in [1.54, 1.807) is 6.92 Å². The van der Waals surface area contributed by atoms with Crippen molar-refractivity contribution < 1.29 is 24.3 Å². The first-order chi connectivity index (χ1) is 23.4. The topological polar surface area (TPSA) is 132 Å². The zero-order valence-electron chi connectivity index (χ0n) is 29.0. The van der Waals surface area contributed by atoms with Gasteiger partial charge in [0, 0.05) is 36.1 Å². The zero-order chi connectivity index (χ0) is 34.9. The molecule has 3 aliphatic rings. The van der Waals surface area contributed by atoms with Gasteiger partial charge in [0.2, 0.25) is 17.6 Å². The number of piperazine rings is 1. The van der Waals surface area contributed by atoms with Gasteiger partial charge in [-0.25, -0.2) is 9.78 Å². The molecule has 5 atom stereocenters. The summed E-state index contributed by atoms with van der Waals surface area (Å²) in [6, 6.07) is 12.1. The van der Waals surface area contributed by atoms with E-state index in [-0.39, 0.29) is 35.6 Å². The Balaban J connectivity index is 1.29. The number of amides is 3. The molecule has 49 heavy (non-hydrogen) atoms. The van der Waals surface area contributed by atoms with Gasteiger partial charge in [0.1, 0.15) is 16.7 Å². The molecule has 6 rings (SSSR count). The molecule has 0 spiro atoms. The first-order valence-corrected chi connectivity index (χ1v) is 18.6. The van der Waals surface area contributed by atoms with Gasteiger partial charge in [-0.3, -0.25) is 19.3 Å². The van der Waals surface area contributed by atoms with E-state index in [2.05, 4.69) is 15.5 Å². The number of hydrogen-bond acceptors (Lipinski definition) is 7. The van der Waals surface area contributed by atoms with Gasteiger partial charge in [0.15, 0.2) is 0 Å². The smallest absolute Gasteiger partial charge is 0.404 e. The van der Waals surface area contributed by atoms with Crippen LogP contribution < -0.4 is 10.6 Å². The van der Waals surface area contributed by atoms with Crippen LogP contribution in [-0.4, -0.2) is 81.3 Å². The third-order valence-electron chi connectivity index (χ3n) is 10.9. The van der Waals surface area contributed by atoms with Crippen LogP contribution in [0.1, 0.15) is 99.7 Å². The number of carbonyl (C=O) groups excluding carboxylic acids is 3. The lowest BCUT2D eigenvalue weighted by molar-refractivity contribution is -0.145. The van der Waals surface area contributed by atoms with Gasteiger partial charge < -0.3 is 20.6 Å². The third-order valence-corrected chi connectivity index (χ3v) is 11.8. The molecule has 3 fully saturated rings. The van der Waals surface area contributed by atoms with Crippen molar-refractivity contribution in [2.75, 3.05) is 19.6 Å². The molecule has 0 bridgehead atoms. The lowest BCUT2D eigenvalue weighted by atomic mass is 9.78. The normalized spacial score (nSPS) is 22.2. The summed E-state index contributed by atoms with van der Waals surface area (Å²) in [7, 11) is 0. The van der Waals surface area contributed by atoms with Crippen LogP contribution in [0.2, 0.25) is 0 Å². The van der Waals surface area contributed by atoms with Crippen molar-refractivity contribution >= 4 is 45.8 Å². The van der Waals surface area contributed by atoms with Gasteiger partial charge in [-0.2, -0.15) is 0 Å². The Morgan fingerprint density at radius 3 is 2.41 bits per heavy atom. The van der Waals surface area contributed by atoms with Crippen molar-refractivity contribution in [3.05, 3.63) is 64.1 Å². The van der Waals surface area contributed by atoms with E-state index >= 15 is 0 Å². The number of benzene rings is 2. The van der Waals surface area contributed by atoms with E-state index in [1.165, 1.54) is 11.3 Å². The fourth-order valence-corrected chi connectivity index (χ4v) is 9.17. The Bertz CT molecular complexity index is 1690. The molecule has 1 aliphatic carbocycles. The van der Waals surface area contributed by atoms with Crippen LogP contribution in [0.15, 0.2) is 47.8 Å². The highest BCUT2D eigenvalue weighted by molar-refractivity contribution is 7.10. The lowest BCUT2D eigenvalue weighted by Gasteiger charge is -2.45. The van der Waals surface area contributed by atoms with Gasteiger partial charge in [-0.1, -0.05) is 89.4 Å². The van der Waals surface area contributed by atoms with E-state index in [0.717, 1.165) is 67.3 Å². The number of rotatable bonds is 9. The molecule has 11 heteroatoms. The second kappa shape index (κ2) is 14.6. The Labute approximate surface area is 292 Å². The molecule has 10 nitrogen and oxygen atoms in total. The van der Waals surface area contributed by atoms with Crippen LogP contribution in [0.5, 0.6) is 0 Å². The summed E-state index contributed by atoms with van der Waals surface area (Å²) in [6.45, 7) is 9.56. The molecule has 1 aromatic heterocycles. The maximum Gasteiger partial charge on any atom is 0.404 e. The molecule has 262 valence electrons. The average Bonchev–Trinajstić information content (AvgIpc) is 3.77. The summed E-state index contributed by atoms with van der Waals surface area (Å²) in [5.41, 5.74) is 0.457. The second-order valence-electron chi connectivity index (χ2n) is 15.2. The Kier molecular flexibility index (Phi) is 10.4. The summed E-state index contributed by atoms with van der Waals surface area (Å²) >= 11 is 1.41. The molecule has 3 aromatic rings. The number of hydrogen-bond donors (Lipinski definition) is 3. The first-order valence-electron chi connectivity index (χ1n) is 17.7. The van der Waals surface area contributed by atoms with Crippen LogP contribution >= 0.6 is 11.3 Å². The van der Waals surface area contributed by atoms with Crippen LogP contribution in [-0.2, 0) is 9.59 Å². The molecule has 0 radical (unpaired) electrons. The van der Waals surface area contributed by atoms with Gasteiger partial charge in [-0.05, 0) is 54.3 Å². The number of nitrogens with zero attached hydrogens (tertiary/aromatic N) is 3. The molecule has 1 unspecified atom stereocenters. The first kappa shape index (κ1) is 35.0. The van der Waals surface area contributed by atoms with E-state index < -0.39 is 29.5 Å². The van der Waals surface area contributed by atoms with Crippen molar-refractivity contribution in [2.45, 2.75) is 96.8 Å². The predicted molar refractivity (Wildman–Crippen MR) is 191 cm³/mol. The van der Waals surface area contributed by atoms with E-state index in [4.69, 9.17) is 4.98 Å². The Morgan fingerprint density at radius 2 is 1.67 bits per heavy atom. The lowest BCUT2D eigenvalue weighted by Crippen LogP contribution is -2.61. The Hall–Kier alpha value is -3.83. The van der Waals surface area contributed by atoms with Crippen LogP contribution in [0.3, 0.4) is 0 Å². The van der Waals surface area contributed by atoms with Gasteiger partial charge in [0.05, 0.1) is 12.0 Å². The van der Waals surface area contributed by atoms with Crippen LogP contribution in [0, 0.1) is 17.3 Å². The van der Waals surface area contributed by atoms with Crippen LogP contribution in [0.4, 0.5) is 4.79 Å². The third kappa shape index (κ3) is 7.52. The standard InChI is InChI=1S/C38H49N5O5S/c1-23(33(38(2,3)4)41-37(47)48)34(45)40-31(25-13-6-5-7-14-25)36(46)43-20-26-16-11-19-42(26)21-30(43)35-39-29(22-49-35)32(44)28-18-10-15-24-12-8-9-17-27(24)28/h8-10,12,15,17-18,22-23,25-26,30-31,33,41H,5-7,11,13-14,16,19-21H2,1-4H3,(H,40,45)(H,47,48)/t23-,26+,30-,31-,33?/m0/s1. The number of aromatic nitrogens is 1. The second-order valence-corrected chi connectivity index (χ2v) is 16.1. The number of nitrogens with one attached hydrogen (secondary N) is 2. The molecule has 1 saturated carbocycles. The summed E-state index contributed by atoms with van der Waals surface area (Å²) in [5, 5.41) is 19.7. The number of carboxylic acid groups (broad SMARTS) is 1. The van der Waals surface area contributed by atoms with Crippen molar-refractivity contribution in [2.24, 2.45) is 17.3 Å². The minimum Gasteiger partial charge on any atom is -0.465 e. The average molecular weight is 688 g/mol. The largest absolute Gasteiger partial charge is 0.465 e. The summed E-state index contributed by atoms with van der Waals surface area (Å²) < 4.78 is 0. The highest BCUT2D eigenvalue weighted by Crippen LogP contribution is 2.37. The van der Waals surface area contributed by atoms with Gasteiger partial charge in [-0.15, -0.1) is 11.3 Å². The highest BCUT2D eigenvalue weighted by Gasteiger charge is 2.45. The predicted octanol–water partition coefficient (Wildman–Crippen LogP) is 6.26.